The number of rotatable bonds is 5. The van der Waals surface area contributed by atoms with Gasteiger partial charge in [0.05, 0.1) is 18.1 Å². The van der Waals surface area contributed by atoms with E-state index in [2.05, 4.69) is 5.32 Å². The molecule has 1 N–H and O–H groups in total. The molecular formula is C17H16N4O4. The zero-order valence-corrected chi connectivity index (χ0v) is 13.6. The Morgan fingerprint density at radius 1 is 1.32 bits per heavy atom. The molecule has 128 valence electrons. The van der Waals surface area contributed by atoms with Gasteiger partial charge in [0, 0.05) is 13.0 Å². The molecule has 0 bridgehead atoms. The maximum atomic E-state index is 12.9. The lowest BCUT2D eigenvalue weighted by Crippen LogP contribution is -2.41. The van der Waals surface area contributed by atoms with E-state index in [-0.39, 0.29) is 19.8 Å². The van der Waals surface area contributed by atoms with Crippen LogP contribution in [-0.2, 0) is 10.3 Å². The van der Waals surface area contributed by atoms with Crippen LogP contribution in [0, 0.1) is 28.6 Å². The first kappa shape index (κ1) is 16.6. The van der Waals surface area contributed by atoms with Crippen LogP contribution in [0.1, 0.15) is 25.3 Å². The zero-order valence-electron chi connectivity index (χ0n) is 13.6. The molecule has 1 aromatic rings. The van der Waals surface area contributed by atoms with Crippen molar-refractivity contribution in [1.82, 2.24) is 10.2 Å². The minimum Gasteiger partial charge on any atom is -0.454 e. The molecule has 8 nitrogen and oxygen atoms in total. The summed E-state index contributed by atoms with van der Waals surface area (Å²) in [4.78, 5) is 26.2. The molecule has 0 spiro atoms. The van der Waals surface area contributed by atoms with Crippen molar-refractivity contribution < 1.29 is 19.1 Å². The largest absolute Gasteiger partial charge is 0.454 e. The van der Waals surface area contributed by atoms with E-state index < -0.39 is 23.4 Å². The molecule has 25 heavy (non-hydrogen) atoms. The van der Waals surface area contributed by atoms with Gasteiger partial charge in [0.1, 0.15) is 5.54 Å². The fourth-order valence-electron chi connectivity index (χ4n) is 2.92. The van der Waals surface area contributed by atoms with Crippen molar-refractivity contribution in [2.24, 2.45) is 5.92 Å². The molecule has 2 heterocycles. The number of carbonyl (C=O) groups is 2. The fraction of sp³-hybridized carbons (Fsp3) is 0.412. The summed E-state index contributed by atoms with van der Waals surface area (Å²) >= 11 is 0. The van der Waals surface area contributed by atoms with Gasteiger partial charge in [0.2, 0.25) is 6.79 Å². The highest BCUT2D eigenvalue weighted by atomic mass is 16.7. The van der Waals surface area contributed by atoms with E-state index in [9.17, 15) is 14.9 Å². The first-order valence-corrected chi connectivity index (χ1v) is 7.80. The van der Waals surface area contributed by atoms with Crippen LogP contribution >= 0.6 is 0 Å². The van der Waals surface area contributed by atoms with Crippen LogP contribution in [-0.4, -0.2) is 30.2 Å². The number of imide groups is 1. The van der Waals surface area contributed by atoms with E-state index in [1.807, 2.05) is 12.1 Å². The van der Waals surface area contributed by atoms with E-state index in [0.29, 0.717) is 23.5 Å². The SMILES string of the molecule is C[C@@]1(c2ccc3c(c2)OCO3)NC(=O)N(C[C@@H](C#N)CCC#N)C1=O. The van der Waals surface area contributed by atoms with Crippen LogP contribution in [0.25, 0.3) is 0 Å². The quantitative estimate of drug-likeness (QED) is 0.814. The highest BCUT2D eigenvalue weighted by Crippen LogP contribution is 2.38. The molecule has 0 radical (unpaired) electrons. The molecule has 2 aliphatic rings. The highest BCUT2D eigenvalue weighted by molar-refractivity contribution is 6.07. The fourth-order valence-corrected chi connectivity index (χ4v) is 2.92. The van der Waals surface area contributed by atoms with Gasteiger partial charge in [-0.1, -0.05) is 6.07 Å². The van der Waals surface area contributed by atoms with Gasteiger partial charge >= 0.3 is 6.03 Å². The Balaban J connectivity index is 1.82. The third-order valence-corrected chi connectivity index (χ3v) is 4.42. The van der Waals surface area contributed by atoms with E-state index in [1.54, 1.807) is 25.1 Å². The van der Waals surface area contributed by atoms with Crippen LogP contribution in [0.5, 0.6) is 11.5 Å². The molecular weight excluding hydrogens is 324 g/mol. The Bertz CT molecular complexity index is 810. The average molecular weight is 340 g/mol. The zero-order chi connectivity index (χ0) is 18.0. The van der Waals surface area contributed by atoms with Crippen LogP contribution in [0.3, 0.4) is 0 Å². The van der Waals surface area contributed by atoms with Gasteiger partial charge in [-0.2, -0.15) is 10.5 Å². The normalized spacial score (nSPS) is 22.3. The van der Waals surface area contributed by atoms with Crippen molar-refractivity contribution in [2.75, 3.05) is 13.3 Å². The molecule has 3 rings (SSSR count). The molecule has 8 heteroatoms. The monoisotopic (exact) mass is 340 g/mol. The minimum absolute atomic E-state index is 0.0387. The third kappa shape index (κ3) is 2.83. The number of nitrogens with zero attached hydrogens (tertiary/aromatic N) is 3. The Kier molecular flexibility index (Phi) is 4.20. The van der Waals surface area contributed by atoms with E-state index in [4.69, 9.17) is 14.7 Å². The number of hydrogen-bond donors (Lipinski definition) is 1. The van der Waals surface area contributed by atoms with Crippen molar-refractivity contribution in [3.05, 3.63) is 23.8 Å². The van der Waals surface area contributed by atoms with Gasteiger partial charge in [-0.05, 0) is 31.0 Å². The van der Waals surface area contributed by atoms with Crippen LogP contribution in [0.4, 0.5) is 4.79 Å². The predicted molar refractivity (Wildman–Crippen MR) is 84.1 cm³/mol. The molecule has 1 aromatic carbocycles. The Labute approximate surface area is 144 Å². The minimum atomic E-state index is -1.24. The highest BCUT2D eigenvalue weighted by Gasteiger charge is 2.49. The van der Waals surface area contributed by atoms with Gasteiger partial charge < -0.3 is 14.8 Å². The van der Waals surface area contributed by atoms with Gasteiger partial charge in [0.25, 0.3) is 5.91 Å². The number of benzene rings is 1. The second-order valence-electron chi connectivity index (χ2n) is 6.06. The summed E-state index contributed by atoms with van der Waals surface area (Å²) in [5, 5.41) is 20.5. The summed E-state index contributed by atoms with van der Waals surface area (Å²) in [6.07, 6.45) is 0.506. The molecule has 0 aliphatic carbocycles. The lowest BCUT2D eigenvalue weighted by atomic mass is 9.91. The predicted octanol–water partition coefficient (Wildman–Crippen LogP) is 1.63. The van der Waals surface area contributed by atoms with E-state index >= 15 is 0 Å². The van der Waals surface area contributed by atoms with Crippen LogP contribution in [0.15, 0.2) is 18.2 Å². The van der Waals surface area contributed by atoms with Gasteiger partial charge in [-0.15, -0.1) is 0 Å². The summed E-state index contributed by atoms with van der Waals surface area (Å²) in [7, 11) is 0. The molecule has 0 saturated carbocycles. The standard InChI is InChI=1S/C17H16N4O4/c1-17(12-4-5-13-14(7-12)25-10-24-13)15(22)21(16(23)20-17)9-11(8-19)3-2-6-18/h4-5,7,11H,2-3,9-10H2,1H3,(H,20,23)/t11-,17+/m1/s1. The van der Waals surface area contributed by atoms with Crippen molar-refractivity contribution >= 4 is 11.9 Å². The maximum absolute atomic E-state index is 12.9. The summed E-state index contributed by atoms with van der Waals surface area (Å²) in [6, 6.07) is 8.52. The van der Waals surface area contributed by atoms with Crippen LogP contribution < -0.4 is 14.8 Å². The number of ether oxygens (including phenoxy) is 2. The van der Waals surface area contributed by atoms with Crippen molar-refractivity contribution in [3.63, 3.8) is 0 Å². The summed E-state index contributed by atoms with van der Waals surface area (Å²) in [5.74, 6) is 0.0900. The van der Waals surface area contributed by atoms with Crippen molar-refractivity contribution in [1.29, 1.82) is 10.5 Å². The Hall–Kier alpha value is -3.26. The number of nitrogens with one attached hydrogen (secondary N) is 1. The smallest absolute Gasteiger partial charge is 0.325 e. The lowest BCUT2D eigenvalue weighted by molar-refractivity contribution is -0.131. The number of fused-ring (bicyclic) bond motifs is 1. The molecule has 1 saturated heterocycles. The van der Waals surface area contributed by atoms with E-state index in [0.717, 1.165) is 4.90 Å². The van der Waals surface area contributed by atoms with Gasteiger partial charge in [0.15, 0.2) is 11.5 Å². The summed E-state index contributed by atoms with van der Waals surface area (Å²) in [6.45, 7) is 1.69. The first-order valence-electron chi connectivity index (χ1n) is 7.80. The van der Waals surface area contributed by atoms with Crippen molar-refractivity contribution in [3.8, 4) is 23.6 Å². The Morgan fingerprint density at radius 3 is 2.80 bits per heavy atom. The topological polar surface area (TPSA) is 115 Å². The summed E-state index contributed by atoms with van der Waals surface area (Å²) in [5.41, 5.74) is -0.670. The molecule has 2 atom stereocenters. The number of carbonyl (C=O) groups excluding carboxylic acids is 2. The Morgan fingerprint density at radius 2 is 2.08 bits per heavy atom. The maximum Gasteiger partial charge on any atom is 0.325 e. The van der Waals surface area contributed by atoms with Crippen LogP contribution in [0.2, 0.25) is 0 Å². The molecule has 0 unspecified atom stereocenters. The average Bonchev–Trinajstić information content (AvgIpc) is 3.16. The lowest BCUT2D eigenvalue weighted by Gasteiger charge is -2.23. The number of amides is 3. The molecule has 2 aliphatic heterocycles. The van der Waals surface area contributed by atoms with Gasteiger partial charge in [-0.25, -0.2) is 4.79 Å². The number of hydrogen-bond acceptors (Lipinski definition) is 6. The molecule has 0 aromatic heterocycles. The van der Waals surface area contributed by atoms with E-state index in [1.165, 1.54) is 0 Å². The molecule has 1 fully saturated rings. The number of nitriles is 2. The summed E-state index contributed by atoms with van der Waals surface area (Å²) < 4.78 is 10.6. The second-order valence-corrected chi connectivity index (χ2v) is 6.06. The second kappa shape index (κ2) is 6.33. The first-order chi connectivity index (χ1) is 12.0. The molecule has 3 amide bonds. The number of urea groups is 1. The van der Waals surface area contributed by atoms with Gasteiger partial charge in [-0.3, -0.25) is 9.69 Å². The van der Waals surface area contributed by atoms with Crippen molar-refractivity contribution in [2.45, 2.75) is 25.3 Å². The third-order valence-electron chi connectivity index (χ3n) is 4.42.